The van der Waals surface area contributed by atoms with Crippen LogP contribution in [0.25, 0.3) is 10.9 Å². The number of aryl methyl sites for hydroxylation is 1. The van der Waals surface area contributed by atoms with E-state index in [1.54, 1.807) is 29.2 Å². The highest BCUT2D eigenvalue weighted by Gasteiger charge is 2.30. The van der Waals surface area contributed by atoms with Crippen molar-refractivity contribution in [2.24, 2.45) is 0 Å². The van der Waals surface area contributed by atoms with Crippen molar-refractivity contribution < 1.29 is 18.3 Å². The lowest BCUT2D eigenvalue weighted by Gasteiger charge is -2.31. The third kappa shape index (κ3) is 4.49. The number of hydrogen-bond donors (Lipinski definition) is 3. The number of benzene rings is 2. The Morgan fingerprint density at radius 2 is 1.87 bits per heavy atom. The summed E-state index contributed by atoms with van der Waals surface area (Å²) >= 11 is 0. The van der Waals surface area contributed by atoms with Crippen molar-refractivity contribution in [2.75, 3.05) is 49.5 Å². The number of carbonyl (C=O) groups is 1. The molecule has 2 aliphatic heterocycles. The van der Waals surface area contributed by atoms with Gasteiger partial charge in [0.1, 0.15) is 17.7 Å². The summed E-state index contributed by atoms with van der Waals surface area (Å²) < 4.78 is 36.2. The van der Waals surface area contributed by atoms with E-state index in [1.807, 2.05) is 11.8 Å². The monoisotopic (exact) mass is 519 g/mol. The number of nitrogens with zero attached hydrogens (tertiary/aromatic N) is 4. The number of aromatic nitrogens is 3. The van der Waals surface area contributed by atoms with E-state index < -0.39 is 5.82 Å². The molecule has 0 atom stereocenters. The van der Waals surface area contributed by atoms with Gasteiger partial charge in [-0.2, -0.15) is 0 Å². The Kier molecular flexibility index (Phi) is 6.28. The van der Waals surface area contributed by atoms with Gasteiger partial charge in [0.2, 0.25) is 5.88 Å². The highest BCUT2D eigenvalue weighted by atomic mass is 19.1. The summed E-state index contributed by atoms with van der Waals surface area (Å²) in [6.45, 7) is 6.04. The van der Waals surface area contributed by atoms with E-state index >= 15 is 8.78 Å². The van der Waals surface area contributed by atoms with Gasteiger partial charge < -0.3 is 30.2 Å². The van der Waals surface area contributed by atoms with Crippen LogP contribution in [0.3, 0.4) is 0 Å². The van der Waals surface area contributed by atoms with Gasteiger partial charge in [-0.25, -0.2) is 18.7 Å². The van der Waals surface area contributed by atoms with Gasteiger partial charge in [0, 0.05) is 61.6 Å². The average Bonchev–Trinajstić information content (AvgIpc) is 3.26. The maximum absolute atomic E-state index is 15.3. The van der Waals surface area contributed by atoms with Gasteiger partial charge in [-0.15, -0.1) is 0 Å². The van der Waals surface area contributed by atoms with E-state index in [-0.39, 0.29) is 34.7 Å². The Morgan fingerprint density at radius 3 is 2.61 bits per heavy atom. The van der Waals surface area contributed by atoms with Crippen LogP contribution in [-0.4, -0.2) is 65.0 Å². The van der Waals surface area contributed by atoms with E-state index in [2.05, 4.69) is 25.6 Å². The molecule has 1 amide bonds. The summed E-state index contributed by atoms with van der Waals surface area (Å²) in [5.74, 6) is -1.28. The molecular formula is C27H27F2N7O2. The number of aromatic amines is 1. The number of rotatable bonds is 6. The number of likely N-dealkylation sites (tertiary alicyclic amines) is 1. The zero-order valence-corrected chi connectivity index (χ0v) is 20.9. The van der Waals surface area contributed by atoms with Crippen molar-refractivity contribution in [3.63, 3.8) is 0 Å². The van der Waals surface area contributed by atoms with Crippen LogP contribution in [0.1, 0.15) is 22.5 Å². The second-order valence-electron chi connectivity index (χ2n) is 9.47. The predicted molar refractivity (Wildman–Crippen MR) is 140 cm³/mol. The summed E-state index contributed by atoms with van der Waals surface area (Å²) in [5.41, 5.74) is 2.45. The highest BCUT2D eigenvalue weighted by molar-refractivity contribution is 6.02. The Hall–Kier alpha value is -4.25. The second-order valence-corrected chi connectivity index (χ2v) is 9.47. The van der Waals surface area contributed by atoms with Gasteiger partial charge in [-0.05, 0) is 49.7 Å². The van der Waals surface area contributed by atoms with Crippen molar-refractivity contribution in [1.29, 1.82) is 0 Å². The van der Waals surface area contributed by atoms with Crippen LogP contribution in [0.15, 0.2) is 42.7 Å². The largest absolute Gasteiger partial charge is 0.435 e. The molecule has 2 aliphatic rings. The van der Waals surface area contributed by atoms with Crippen LogP contribution in [0.4, 0.5) is 26.0 Å². The van der Waals surface area contributed by atoms with Crippen molar-refractivity contribution in [1.82, 2.24) is 25.2 Å². The molecule has 0 saturated carbocycles. The van der Waals surface area contributed by atoms with Crippen molar-refractivity contribution in [3.05, 3.63) is 65.6 Å². The third-order valence-corrected chi connectivity index (χ3v) is 6.88. The Labute approximate surface area is 217 Å². The molecule has 2 aromatic heterocycles. The first-order valence-electron chi connectivity index (χ1n) is 12.6. The average molecular weight is 520 g/mol. The van der Waals surface area contributed by atoms with Crippen molar-refractivity contribution >= 4 is 34.0 Å². The number of anilines is 3. The fourth-order valence-corrected chi connectivity index (χ4v) is 4.77. The van der Waals surface area contributed by atoms with Crippen LogP contribution < -0.4 is 20.3 Å². The summed E-state index contributed by atoms with van der Waals surface area (Å²) in [7, 11) is 0. The second kappa shape index (κ2) is 9.90. The smallest absolute Gasteiger partial charge is 0.263 e. The lowest BCUT2D eigenvalue weighted by atomic mass is 10.1. The fourth-order valence-electron chi connectivity index (χ4n) is 4.77. The molecule has 38 heavy (non-hydrogen) atoms. The minimum atomic E-state index is -0.562. The van der Waals surface area contributed by atoms with Gasteiger partial charge in [0.25, 0.3) is 5.91 Å². The quantitative estimate of drug-likeness (QED) is 0.349. The maximum Gasteiger partial charge on any atom is 0.263 e. The van der Waals surface area contributed by atoms with Gasteiger partial charge in [0.05, 0.1) is 5.69 Å². The number of fused-ring (bicyclic) bond motifs is 1. The van der Waals surface area contributed by atoms with E-state index in [9.17, 15) is 4.79 Å². The minimum absolute atomic E-state index is 0.0588. The molecule has 6 rings (SSSR count). The molecule has 0 unspecified atom stereocenters. The molecule has 2 aromatic carbocycles. The Morgan fingerprint density at radius 1 is 1.05 bits per heavy atom. The zero-order chi connectivity index (χ0) is 26.2. The van der Waals surface area contributed by atoms with Gasteiger partial charge >= 0.3 is 0 Å². The minimum Gasteiger partial charge on any atom is -0.435 e. The number of ether oxygens (including phenoxy) is 1. The number of piperazine rings is 1. The van der Waals surface area contributed by atoms with Crippen LogP contribution >= 0.6 is 0 Å². The molecule has 9 nitrogen and oxygen atoms in total. The maximum atomic E-state index is 15.3. The molecule has 2 saturated heterocycles. The topological polar surface area (TPSA) is 98.4 Å². The van der Waals surface area contributed by atoms with E-state index in [0.29, 0.717) is 35.4 Å². The number of hydrogen-bond acceptors (Lipinski definition) is 7. The van der Waals surface area contributed by atoms with Crippen LogP contribution in [0, 0.1) is 18.6 Å². The molecule has 4 heterocycles. The number of H-pyrrole nitrogens is 1. The van der Waals surface area contributed by atoms with Crippen LogP contribution in [-0.2, 0) is 0 Å². The lowest BCUT2D eigenvalue weighted by Crippen LogP contribution is -2.43. The number of carbonyl (C=O) groups excluding carboxylic acids is 1. The molecule has 0 bridgehead atoms. The summed E-state index contributed by atoms with van der Waals surface area (Å²) in [5, 5.41) is 6.69. The predicted octanol–water partition coefficient (Wildman–Crippen LogP) is 4.34. The van der Waals surface area contributed by atoms with E-state index in [4.69, 9.17) is 4.74 Å². The number of halogens is 2. The van der Waals surface area contributed by atoms with Gasteiger partial charge in [-0.1, -0.05) is 0 Å². The summed E-state index contributed by atoms with van der Waals surface area (Å²) in [6, 6.07) is 9.71. The van der Waals surface area contributed by atoms with Crippen LogP contribution in [0.5, 0.6) is 11.6 Å². The summed E-state index contributed by atoms with van der Waals surface area (Å²) in [6.07, 6.45) is 2.11. The van der Waals surface area contributed by atoms with E-state index in [1.165, 1.54) is 18.5 Å². The fraction of sp³-hybridized carbons (Fsp3) is 0.296. The molecule has 2 fully saturated rings. The molecule has 0 radical (unpaired) electrons. The van der Waals surface area contributed by atoms with Gasteiger partial charge in [-0.3, -0.25) is 4.79 Å². The first-order chi connectivity index (χ1) is 18.5. The SMILES string of the molecule is Cc1cc2c(F)c(Oc3ncnc(Nc4ccc(N5CCNCC5)c(F)c4)c3C(=O)N3CCC3)ccc2[nH]1. The molecule has 3 N–H and O–H groups in total. The molecule has 0 spiro atoms. The van der Waals surface area contributed by atoms with Crippen LogP contribution in [0.2, 0.25) is 0 Å². The van der Waals surface area contributed by atoms with Crippen molar-refractivity contribution in [2.45, 2.75) is 13.3 Å². The highest BCUT2D eigenvalue weighted by Crippen LogP contribution is 2.35. The lowest BCUT2D eigenvalue weighted by molar-refractivity contribution is 0.0649. The summed E-state index contributed by atoms with van der Waals surface area (Å²) in [4.78, 5) is 28.6. The van der Waals surface area contributed by atoms with Crippen molar-refractivity contribution in [3.8, 4) is 11.6 Å². The van der Waals surface area contributed by atoms with E-state index in [0.717, 1.165) is 38.3 Å². The molecule has 11 heteroatoms. The third-order valence-electron chi connectivity index (χ3n) is 6.88. The number of nitrogens with one attached hydrogen (secondary N) is 3. The first-order valence-corrected chi connectivity index (χ1v) is 12.6. The molecule has 196 valence electrons. The normalized spacial score (nSPS) is 15.4. The standard InChI is InChI=1S/C27H27F2N7O2/c1-16-13-18-20(33-16)4-6-22(24(18)29)38-26-23(27(37)36-9-2-10-36)25(31-15-32-26)34-17-3-5-21(19(28)14-17)35-11-7-30-8-12-35/h3-6,13-15,30,33H,2,7-12H2,1H3,(H,31,32,34). The molecule has 4 aromatic rings. The molecular weight excluding hydrogens is 492 g/mol. The number of amides is 1. The van der Waals surface area contributed by atoms with Gasteiger partial charge in [0.15, 0.2) is 17.4 Å². The molecule has 0 aliphatic carbocycles. The zero-order valence-electron chi connectivity index (χ0n) is 20.9. The Balaban J connectivity index is 1.34. The first kappa shape index (κ1) is 24.1. The Bertz CT molecular complexity index is 1510.